The van der Waals surface area contributed by atoms with E-state index in [0.717, 1.165) is 45.7 Å². The van der Waals surface area contributed by atoms with Crippen LogP contribution in [0.15, 0.2) is 18.2 Å². The van der Waals surface area contributed by atoms with Crippen molar-refractivity contribution in [2.75, 3.05) is 39.3 Å². The first-order valence-electron chi connectivity index (χ1n) is 7.34. The normalized spacial score (nSPS) is 25.2. The molecular formula is C15H21F2N3. The van der Waals surface area contributed by atoms with Crippen LogP contribution in [0, 0.1) is 11.6 Å². The zero-order valence-corrected chi connectivity index (χ0v) is 11.6. The number of hydrogen-bond acceptors (Lipinski definition) is 3. The van der Waals surface area contributed by atoms with Crippen LogP contribution in [0.4, 0.5) is 8.78 Å². The highest BCUT2D eigenvalue weighted by Gasteiger charge is 2.29. The fourth-order valence-electron chi connectivity index (χ4n) is 3.21. The van der Waals surface area contributed by atoms with E-state index in [0.29, 0.717) is 12.6 Å². The van der Waals surface area contributed by atoms with Crippen molar-refractivity contribution in [2.45, 2.75) is 19.0 Å². The van der Waals surface area contributed by atoms with Crippen molar-refractivity contribution in [1.29, 1.82) is 0 Å². The van der Waals surface area contributed by atoms with E-state index in [-0.39, 0.29) is 5.56 Å². The molecule has 1 aromatic rings. The van der Waals surface area contributed by atoms with Crippen LogP contribution in [0.3, 0.4) is 0 Å². The Morgan fingerprint density at radius 3 is 2.50 bits per heavy atom. The molecule has 2 heterocycles. The molecule has 1 unspecified atom stereocenters. The third kappa shape index (κ3) is 3.00. The highest BCUT2D eigenvalue weighted by atomic mass is 19.1. The van der Waals surface area contributed by atoms with Gasteiger partial charge in [0.15, 0.2) is 0 Å². The molecule has 1 aromatic carbocycles. The minimum Gasteiger partial charge on any atom is -0.314 e. The number of halogens is 2. The fraction of sp³-hybridized carbons (Fsp3) is 0.600. The van der Waals surface area contributed by atoms with Crippen LogP contribution in [0.25, 0.3) is 0 Å². The number of benzene rings is 1. The lowest BCUT2D eigenvalue weighted by atomic mass is 10.2. The first kappa shape index (κ1) is 13.9. The highest BCUT2D eigenvalue weighted by molar-refractivity contribution is 5.19. The monoisotopic (exact) mass is 281 g/mol. The van der Waals surface area contributed by atoms with Crippen molar-refractivity contribution in [3.05, 3.63) is 35.4 Å². The van der Waals surface area contributed by atoms with E-state index in [9.17, 15) is 8.78 Å². The summed E-state index contributed by atoms with van der Waals surface area (Å²) in [7, 11) is 0. The van der Waals surface area contributed by atoms with Crippen molar-refractivity contribution in [3.8, 4) is 0 Å². The molecule has 3 rings (SSSR count). The molecule has 0 aliphatic carbocycles. The van der Waals surface area contributed by atoms with Gasteiger partial charge in [0, 0.05) is 57.4 Å². The number of hydrogen-bond donors (Lipinski definition) is 1. The van der Waals surface area contributed by atoms with Gasteiger partial charge >= 0.3 is 0 Å². The summed E-state index contributed by atoms with van der Waals surface area (Å²) in [5, 5.41) is 3.35. The average Bonchev–Trinajstić information content (AvgIpc) is 2.93. The molecular weight excluding hydrogens is 260 g/mol. The second-order valence-electron chi connectivity index (χ2n) is 5.66. The Hall–Kier alpha value is -1.04. The van der Waals surface area contributed by atoms with E-state index in [4.69, 9.17) is 0 Å². The molecule has 2 fully saturated rings. The van der Waals surface area contributed by atoms with Gasteiger partial charge in [0.1, 0.15) is 11.6 Å². The Morgan fingerprint density at radius 2 is 1.80 bits per heavy atom. The van der Waals surface area contributed by atoms with Gasteiger partial charge in [-0.3, -0.25) is 9.80 Å². The van der Waals surface area contributed by atoms with E-state index in [1.807, 2.05) is 0 Å². The summed E-state index contributed by atoms with van der Waals surface area (Å²) in [6, 6.07) is 4.62. The number of piperazine rings is 1. The molecule has 3 nitrogen and oxygen atoms in total. The summed E-state index contributed by atoms with van der Waals surface area (Å²) in [5.41, 5.74) is 0.202. The number of likely N-dealkylation sites (tertiary alicyclic amines) is 1. The number of rotatable bonds is 3. The summed E-state index contributed by atoms with van der Waals surface area (Å²) in [4.78, 5) is 4.66. The number of nitrogens with zero attached hydrogens (tertiary/aromatic N) is 2. The predicted octanol–water partition coefficient (Wildman–Crippen LogP) is 1.44. The third-order valence-corrected chi connectivity index (χ3v) is 4.36. The van der Waals surface area contributed by atoms with Gasteiger partial charge in [0.05, 0.1) is 0 Å². The quantitative estimate of drug-likeness (QED) is 0.904. The molecule has 0 spiro atoms. The third-order valence-electron chi connectivity index (χ3n) is 4.36. The first-order chi connectivity index (χ1) is 9.74. The van der Waals surface area contributed by atoms with Crippen LogP contribution in [-0.4, -0.2) is 55.1 Å². The summed E-state index contributed by atoms with van der Waals surface area (Å²) in [6.45, 7) is 6.44. The highest BCUT2D eigenvalue weighted by Crippen LogP contribution is 2.21. The van der Waals surface area contributed by atoms with Crippen molar-refractivity contribution >= 4 is 0 Å². The van der Waals surface area contributed by atoms with Gasteiger partial charge in [-0.15, -0.1) is 0 Å². The van der Waals surface area contributed by atoms with Crippen LogP contribution >= 0.6 is 0 Å². The Morgan fingerprint density at radius 1 is 1.10 bits per heavy atom. The molecule has 2 saturated heterocycles. The van der Waals surface area contributed by atoms with Crippen molar-refractivity contribution in [1.82, 2.24) is 15.1 Å². The van der Waals surface area contributed by atoms with Crippen LogP contribution in [-0.2, 0) is 6.54 Å². The minimum absolute atomic E-state index is 0.202. The van der Waals surface area contributed by atoms with E-state index in [2.05, 4.69) is 15.1 Å². The molecule has 0 aromatic heterocycles. The summed E-state index contributed by atoms with van der Waals surface area (Å²) in [6.07, 6.45) is 1.09. The molecule has 2 aliphatic rings. The molecule has 0 amide bonds. The van der Waals surface area contributed by atoms with Crippen LogP contribution in [0.1, 0.15) is 12.0 Å². The predicted molar refractivity (Wildman–Crippen MR) is 74.5 cm³/mol. The smallest absolute Gasteiger partial charge is 0.130 e. The summed E-state index contributed by atoms with van der Waals surface area (Å²) < 4.78 is 27.3. The van der Waals surface area contributed by atoms with E-state index < -0.39 is 11.6 Å². The Kier molecular flexibility index (Phi) is 4.29. The zero-order valence-electron chi connectivity index (χ0n) is 11.6. The second kappa shape index (κ2) is 6.16. The van der Waals surface area contributed by atoms with E-state index in [1.54, 1.807) is 0 Å². The number of nitrogens with one attached hydrogen (secondary N) is 1. The van der Waals surface area contributed by atoms with Gasteiger partial charge in [-0.05, 0) is 18.6 Å². The van der Waals surface area contributed by atoms with Gasteiger partial charge in [-0.25, -0.2) is 8.78 Å². The van der Waals surface area contributed by atoms with Crippen LogP contribution in [0.5, 0.6) is 0 Å². The maximum atomic E-state index is 13.7. The van der Waals surface area contributed by atoms with Crippen LogP contribution in [0.2, 0.25) is 0 Å². The van der Waals surface area contributed by atoms with E-state index in [1.165, 1.54) is 18.2 Å². The van der Waals surface area contributed by atoms with E-state index >= 15 is 0 Å². The topological polar surface area (TPSA) is 18.5 Å². The molecule has 0 saturated carbocycles. The molecule has 2 aliphatic heterocycles. The van der Waals surface area contributed by atoms with Crippen LogP contribution < -0.4 is 5.32 Å². The molecule has 1 atom stereocenters. The largest absolute Gasteiger partial charge is 0.314 e. The molecule has 20 heavy (non-hydrogen) atoms. The lowest BCUT2D eigenvalue weighted by molar-refractivity contribution is 0.170. The average molecular weight is 281 g/mol. The Labute approximate surface area is 118 Å². The standard InChI is InChI=1S/C15H21F2N3/c16-14-2-1-3-15(17)13(14)11-19-7-4-12(10-19)20-8-5-18-6-9-20/h1-3,12,18H,4-11H2. The van der Waals surface area contributed by atoms with Crippen molar-refractivity contribution < 1.29 is 8.78 Å². The molecule has 5 heteroatoms. The van der Waals surface area contributed by atoms with Gasteiger partial charge in [0.2, 0.25) is 0 Å². The Balaban J connectivity index is 1.60. The minimum atomic E-state index is -0.435. The molecule has 0 radical (unpaired) electrons. The summed E-state index contributed by atoms with van der Waals surface area (Å²) in [5.74, 6) is -0.869. The SMILES string of the molecule is Fc1cccc(F)c1CN1CCC(N2CCNCC2)C1. The fourth-order valence-corrected chi connectivity index (χ4v) is 3.21. The van der Waals surface area contributed by atoms with Gasteiger partial charge < -0.3 is 5.32 Å². The first-order valence-corrected chi connectivity index (χ1v) is 7.34. The second-order valence-corrected chi connectivity index (χ2v) is 5.66. The maximum Gasteiger partial charge on any atom is 0.130 e. The van der Waals surface area contributed by atoms with Gasteiger partial charge in [-0.2, -0.15) is 0 Å². The molecule has 1 N–H and O–H groups in total. The lowest BCUT2D eigenvalue weighted by Gasteiger charge is -2.32. The molecule has 110 valence electrons. The Bertz CT molecular complexity index is 440. The lowest BCUT2D eigenvalue weighted by Crippen LogP contribution is -2.49. The van der Waals surface area contributed by atoms with Gasteiger partial charge in [-0.1, -0.05) is 6.07 Å². The van der Waals surface area contributed by atoms with Gasteiger partial charge in [0.25, 0.3) is 0 Å². The summed E-state index contributed by atoms with van der Waals surface area (Å²) >= 11 is 0. The zero-order chi connectivity index (χ0) is 13.9. The maximum absolute atomic E-state index is 13.7. The van der Waals surface area contributed by atoms with Crippen molar-refractivity contribution in [2.24, 2.45) is 0 Å². The molecule has 0 bridgehead atoms. The van der Waals surface area contributed by atoms with Crippen molar-refractivity contribution in [3.63, 3.8) is 0 Å².